The smallest absolute Gasteiger partial charge is 0.0632 e. The Morgan fingerprint density at radius 2 is 2.13 bits per heavy atom. The molecule has 4 heteroatoms. The van der Waals surface area contributed by atoms with Crippen LogP contribution in [-0.2, 0) is 6.54 Å². The fourth-order valence-corrected chi connectivity index (χ4v) is 2.03. The fraction of sp³-hybridized carbons (Fsp3) is 0.727. The van der Waals surface area contributed by atoms with Gasteiger partial charge in [-0.05, 0) is 35.7 Å². The topological polar surface area (TPSA) is 29.9 Å². The first-order valence-corrected chi connectivity index (χ1v) is 6.39. The molecule has 3 nitrogen and oxygen atoms in total. The first kappa shape index (κ1) is 12.7. The molecule has 0 spiro atoms. The monoisotopic (exact) mass is 273 g/mol. The van der Waals surface area contributed by atoms with Crippen molar-refractivity contribution < 1.29 is 0 Å². The van der Waals surface area contributed by atoms with Crippen molar-refractivity contribution in [3.05, 3.63) is 16.9 Å². The predicted octanol–water partition coefficient (Wildman–Crippen LogP) is 2.81. The molecule has 0 aromatic carbocycles. The summed E-state index contributed by atoms with van der Waals surface area (Å²) in [6, 6.07) is 1.08. The van der Waals surface area contributed by atoms with Gasteiger partial charge in [0.15, 0.2) is 0 Å². The molecule has 0 bridgehead atoms. The first-order chi connectivity index (χ1) is 7.15. The minimum atomic E-state index is 0.460. The maximum atomic E-state index is 4.24. The van der Waals surface area contributed by atoms with Crippen LogP contribution in [0.3, 0.4) is 0 Å². The van der Waals surface area contributed by atoms with Crippen LogP contribution in [0.15, 0.2) is 16.9 Å². The lowest BCUT2D eigenvalue weighted by Crippen LogP contribution is -2.38. The van der Waals surface area contributed by atoms with Crippen molar-refractivity contribution in [3.63, 3.8) is 0 Å². The van der Waals surface area contributed by atoms with E-state index in [1.54, 1.807) is 0 Å². The number of nitrogens with one attached hydrogen (secondary N) is 1. The van der Waals surface area contributed by atoms with Crippen molar-refractivity contribution in [3.8, 4) is 0 Å². The second-order valence-corrected chi connectivity index (χ2v) is 4.88. The minimum absolute atomic E-state index is 0.460. The Labute approximate surface area is 100 Å². The van der Waals surface area contributed by atoms with Crippen LogP contribution in [0, 0.1) is 0 Å². The van der Waals surface area contributed by atoms with Crippen LogP contribution < -0.4 is 5.32 Å². The maximum Gasteiger partial charge on any atom is 0.0632 e. The number of nitrogens with zero attached hydrogens (tertiary/aromatic N) is 2. The molecule has 0 aliphatic rings. The molecule has 0 fully saturated rings. The summed E-state index contributed by atoms with van der Waals surface area (Å²) in [6.07, 6.45) is 6.20. The van der Waals surface area contributed by atoms with E-state index in [4.69, 9.17) is 0 Å². The molecule has 1 N–H and O–H groups in total. The van der Waals surface area contributed by atoms with Gasteiger partial charge in [0.1, 0.15) is 0 Å². The van der Waals surface area contributed by atoms with E-state index in [9.17, 15) is 0 Å². The van der Waals surface area contributed by atoms with Crippen molar-refractivity contribution in [2.24, 2.45) is 0 Å². The van der Waals surface area contributed by atoms with E-state index < -0.39 is 0 Å². The summed E-state index contributed by atoms with van der Waals surface area (Å²) in [5.41, 5.74) is 0. The molecule has 1 atom stereocenters. The van der Waals surface area contributed by atoms with E-state index in [-0.39, 0.29) is 0 Å². The molecule has 1 aromatic rings. The zero-order valence-electron chi connectivity index (χ0n) is 9.70. The molecule has 0 amide bonds. The van der Waals surface area contributed by atoms with E-state index in [0.29, 0.717) is 12.1 Å². The van der Waals surface area contributed by atoms with E-state index in [2.05, 4.69) is 47.1 Å². The summed E-state index contributed by atoms with van der Waals surface area (Å²) >= 11 is 3.40. The van der Waals surface area contributed by atoms with Crippen LogP contribution in [0.25, 0.3) is 0 Å². The van der Waals surface area contributed by atoms with Gasteiger partial charge in [-0.3, -0.25) is 4.68 Å². The molecule has 0 saturated heterocycles. The molecule has 15 heavy (non-hydrogen) atoms. The highest BCUT2D eigenvalue weighted by molar-refractivity contribution is 9.10. The van der Waals surface area contributed by atoms with Crippen molar-refractivity contribution in [2.75, 3.05) is 0 Å². The molecule has 1 unspecified atom stereocenters. The summed E-state index contributed by atoms with van der Waals surface area (Å²) in [7, 11) is 0. The summed E-state index contributed by atoms with van der Waals surface area (Å²) in [4.78, 5) is 0. The van der Waals surface area contributed by atoms with Gasteiger partial charge >= 0.3 is 0 Å². The largest absolute Gasteiger partial charge is 0.310 e. The number of hydrogen-bond acceptors (Lipinski definition) is 2. The van der Waals surface area contributed by atoms with Crippen LogP contribution >= 0.6 is 15.9 Å². The van der Waals surface area contributed by atoms with Gasteiger partial charge < -0.3 is 5.32 Å². The summed E-state index contributed by atoms with van der Waals surface area (Å²) in [5.74, 6) is 0. The highest BCUT2D eigenvalue weighted by atomic mass is 79.9. The Morgan fingerprint density at radius 1 is 1.47 bits per heavy atom. The lowest BCUT2D eigenvalue weighted by atomic mass is 10.1. The molecular weight excluding hydrogens is 254 g/mol. The minimum Gasteiger partial charge on any atom is -0.310 e. The van der Waals surface area contributed by atoms with E-state index in [0.717, 1.165) is 11.0 Å². The normalized spacial score (nSPS) is 13.4. The number of halogens is 1. The highest BCUT2D eigenvalue weighted by Crippen LogP contribution is 2.07. The Hall–Kier alpha value is -0.350. The highest BCUT2D eigenvalue weighted by Gasteiger charge is 2.09. The van der Waals surface area contributed by atoms with Crippen LogP contribution in [-0.4, -0.2) is 21.9 Å². The van der Waals surface area contributed by atoms with Gasteiger partial charge in [0.25, 0.3) is 0 Å². The Bertz CT molecular complexity index is 281. The Morgan fingerprint density at radius 3 is 2.60 bits per heavy atom. The summed E-state index contributed by atoms with van der Waals surface area (Å²) < 4.78 is 3.00. The van der Waals surface area contributed by atoms with E-state index >= 15 is 0 Å². The molecule has 1 rings (SSSR count). The van der Waals surface area contributed by atoms with Crippen molar-refractivity contribution in [1.29, 1.82) is 0 Å². The zero-order chi connectivity index (χ0) is 11.3. The van der Waals surface area contributed by atoms with Gasteiger partial charge in [0.2, 0.25) is 0 Å². The Balaban J connectivity index is 2.38. The third kappa shape index (κ3) is 4.34. The van der Waals surface area contributed by atoms with Crippen LogP contribution in [0.2, 0.25) is 0 Å². The number of hydrogen-bond donors (Lipinski definition) is 1. The van der Waals surface area contributed by atoms with Crippen LogP contribution in [0.1, 0.15) is 33.6 Å². The molecular formula is C11H20BrN3. The summed E-state index contributed by atoms with van der Waals surface area (Å²) in [6.45, 7) is 7.56. The average Bonchev–Trinajstić information content (AvgIpc) is 2.60. The van der Waals surface area contributed by atoms with Gasteiger partial charge in [0, 0.05) is 18.3 Å². The number of rotatable bonds is 6. The molecule has 1 aromatic heterocycles. The van der Waals surface area contributed by atoms with Crippen LogP contribution in [0.4, 0.5) is 0 Å². The maximum absolute atomic E-state index is 4.24. The summed E-state index contributed by atoms with van der Waals surface area (Å²) in [5, 5.41) is 7.84. The Kier molecular flexibility index (Phi) is 5.32. The van der Waals surface area contributed by atoms with E-state index in [1.165, 1.54) is 12.8 Å². The molecule has 0 aliphatic heterocycles. The van der Waals surface area contributed by atoms with Gasteiger partial charge in [0.05, 0.1) is 17.2 Å². The van der Waals surface area contributed by atoms with Crippen LogP contribution in [0.5, 0.6) is 0 Å². The zero-order valence-corrected chi connectivity index (χ0v) is 11.3. The quantitative estimate of drug-likeness (QED) is 0.864. The van der Waals surface area contributed by atoms with Gasteiger partial charge in [-0.25, -0.2) is 0 Å². The lowest BCUT2D eigenvalue weighted by Gasteiger charge is -2.20. The molecule has 86 valence electrons. The first-order valence-electron chi connectivity index (χ1n) is 5.59. The molecule has 0 aliphatic carbocycles. The van der Waals surface area contributed by atoms with Gasteiger partial charge in [-0.1, -0.05) is 13.8 Å². The van der Waals surface area contributed by atoms with Gasteiger partial charge in [-0.2, -0.15) is 5.10 Å². The third-order valence-electron chi connectivity index (χ3n) is 2.57. The predicted molar refractivity (Wildman–Crippen MR) is 66.9 cm³/mol. The fourth-order valence-electron chi connectivity index (χ4n) is 1.70. The molecule has 1 heterocycles. The molecule has 0 saturated carbocycles. The van der Waals surface area contributed by atoms with Gasteiger partial charge in [-0.15, -0.1) is 0 Å². The SMILES string of the molecule is CCC(CC)NC(C)Cn1cc(Br)cn1. The van der Waals surface area contributed by atoms with E-state index in [1.807, 2.05) is 17.1 Å². The van der Waals surface area contributed by atoms with Crippen molar-refractivity contribution in [2.45, 2.75) is 52.2 Å². The van der Waals surface area contributed by atoms with Crippen molar-refractivity contribution in [1.82, 2.24) is 15.1 Å². The average molecular weight is 274 g/mol. The van der Waals surface area contributed by atoms with Crippen molar-refractivity contribution >= 4 is 15.9 Å². The molecule has 0 radical (unpaired) electrons. The third-order valence-corrected chi connectivity index (χ3v) is 2.98. The number of aromatic nitrogens is 2. The second kappa shape index (κ2) is 6.28. The standard InChI is InChI=1S/C11H20BrN3/c1-4-11(5-2)14-9(3)7-15-8-10(12)6-13-15/h6,8-9,11,14H,4-5,7H2,1-3H3. The lowest BCUT2D eigenvalue weighted by molar-refractivity contribution is 0.380. The second-order valence-electron chi connectivity index (χ2n) is 3.96.